The van der Waals surface area contributed by atoms with E-state index in [1.54, 1.807) is 18.3 Å². The van der Waals surface area contributed by atoms with Crippen LogP contribution in [0.2, 0.25) is 5.02 Å². The molecule has 0 saturated carbocycles. The molecule has 0 aliphatic heterocycles. The Kier molecular flexibility index (Phi) is 3.67. The quantitative estimate of drug-likeness (QED) is 0.445. The number of thiocarbonyl (C=S) groups is 1. The van der Waals surface area contributed by atoms with Crippen LogP contribution in [0.3, 0.4) is 0 Å². The zero-order valence-corrected chi connectivity index (χ0v) is 8.27. The molecular formula is C8H8ClN3S. The Morgan fingerprint density at radius 3 is 3.00 bits per heavy atom. The monoisotopic (exact) mass is 213 g/mol. The van der Waals surface area contributed by atoms with Crippen molar-refractivity contribution in [1.82, 2.24) is 5.43 Å². The minimum Gasteiger partial charge on any atom is -0.375 e. The van der Waals surface area contributed by atoms with E-state index < -0.39 is 0 Å². The van der Waals surface area contributed by atoms with Crippen LogP contribution >= 0.6 is 23.8 Å². The van der Waals surface area contributed by atoms with Crippen LogP contribution in [0.25, 0.3) is 0 Å². The fraction of sp³-hybridized carbons (Fsp3) is 0. The number of hydrogen-bond acceptors (Lipinski definition) is 2. The number of halogens is 1. The molecule has 3 nitrogen and oxygen atoms in total. The van der Waals surface area contributed by atoms with Crippen molar-refractivity contribution in [3.8, 4) is 0 Å². The number of hydrogen-bond donors (Lipinski definition) is 2. The lowest BCUT2D eigenvalue weighted by atomic mass is 10.2. The second-order valence-corrected chi connectivity index (χ2v) is 3.17. The van der Waals surface area contributed by atoms with Crippen LogP contribution in [0.15, 0.2) is 29.4 Å². The molecule has 1 aromatic rings. The molecule has 13 heavy (non-hydrogen) atoms. The molecule has 0 spiro atoms. The van der Waals surface area contributed by atoms with Crippen LogP contribution in [0.4, 0.5) is 0 Å². The Hall–Kier alpha value is -1.13. The number of rotatable bonds is 2. The summed E-state index contributed by atoms with van der Waals surface area (Å²) < 4.78 is 0. The van der Waals surface area contributed by atoms with Crippen molar-refractivity contribution in [2.24, 2.45) is 10.8 Å². The summed E-state index contributed by atoms with van der Waals surface area (Å²) >= 11 is 10.3. The average Bonchev–Trinajstić information content (AvgIpc) is 2.03. The molecule has 0 radical (unpaired) electrons. The van der Waals surface area contributed by atoms with Gasteiger partial charge in [0.05, 0.1) is 6.21 Å². The molecule has 0 atom stereocenters. The van der Waals surface area contributed by atoms with E-state index in [9.17, 15) is 0 Å². The molecule has 0 saturated heterocycles. The number of nitrogens with two attached hydrogens (primary N) is 1. The zero-order chi connectivity index (χ0) is 9.68. The third-order valence-electron chi connectivity index (χ3n) is 1.24. The summed E-state index contributed by atoms with van der Waals surface area (Å²) in [4.78, 5) is 0. The molecule has 0 bridgehead atoms. The first kappa shape index (κ1) is 9.95. The Morgan fingerprint density at radius 2 is 2.38 bits per heavy atom. The first-order valence-corrected chi connectivity index (χ1v) is 4.31. The highest BCUT2D eigenvalue weighted by molar-refractivity contribution is 7.80. The first-order valence-electron chi connectivity index (χ1n) is 3.52. The minimum absolute atomic E-state index is 0.137. The van der Waals surface area contributed by atoms with Gasteiger partial charge >= 0.3 is 0 Å². The maximum Gasteiger partial charge on any atom is 0.184 e. The van der Waals surface area contributed by atoms with Gasteiger partial charge in [-0.15, -0.1) is 0 Å². The number of hydrazone groups is 1. The van der Waals surface area contributed by atoms with Gasteiger partial charge in [0.25, 0.3) is 0 Å². The van der Waals surface area contributed by atoms with E-state index in [0.717, 1.165) is 5.56 Å². The molecule has 0 aliphatic carbocycles. The molecule has 0 unspecified atom stereocenters. The summed E-state index contributed by atoms with van der Waals surface area (Å²) in [6, 6.07) is 7.28. The van der Waals surface area contributed by atoms with E-state index in [1.807, 2.05) is 12.1 Å². The fourth-order valence-corrected chi connectivity index (χ4v) is 1.01. The van der Waals surface area contributed by atoms with E-state index in [2.05, 4.69) is 22.7 Å². The lowest BCUT2D eigenvalue weighted by Gasteiger charge is -1.95. The van der Waals surface area contributed by atoms with E-state index in [4.69, 9.17) is 17.3 Å². The van der Waals surface area contributed by atoms with Gasteiger partial charge in [-0.3, -0.25) is 5.43 Å². The van der Waals surface area contributed by atoms with E-state index in [1.165, 1.54) is 0 Å². The molecule has 0 aromatic heterocycles. The SMILES string of the molecule is NC(=S)N/N=C\c1cccc(Cl)c1. The summed E-state index contributed by atoms with van der Waals surface area (Å²) in [7, 11) is 0. The lowest BCUT2D eigenvalue weighted by Crippen LogP contribution is -2.23. The third-order valence-corrected chi connectivity index (χ3v) is 1.56. The summed E-state index contributed by atoms with van der Waals surface area (Å²) in [6.45, 7) is 0. The Morgan fingerprint density at radius 1 is 1.62 bits per heavy atom. The van der Waals surface area contributed by atoms with Crippen molar-refractivity contribution in [3.05, 3.63) is 34.9 Å². The van der Waals surface area contributed by atoms with Crippen LogP contribution < -0.4 is 11.2 Å². The Labute approximate surface area is 86.6 Å². The molecule has 3 N–H and O–H groups in total. The van der Waals surface area contributed by atoms with Gasteiger partial charge in [-0.1, -0.05) is 23.7 Å². The van der Waals surface area contributed by atoms with Gasteiger partial charge < -0.3 is 5.73 Å². The topological polar surface area (TPSA) is 50.4 Å². The van der Waals surface area contributed by atoms with Crippen LogP contribution in [0.1, 0.15) is 5.56 Å². The van der Waals surface area contributed by atoms with E-state index in [-0.39, 0.29) is 5.11 Å². The van der Waals surface area contributed by atoms with Crippen LogP contribution in [-0.4, -0.2) is 11.3 Å². The lowest BCUT2D eigenvalue weighted by molar-refractivity contribution is 1.04. The molecule has 0 fully saturated rings. The molecule has 0 aliphatic rings. The zero-order valence-electron chi connectivity index (χ0n) is 6.70. The molecule has 0 heterocycles. The van der Waals surface area contributed by atoms with Crippen molar-refractivity contribution in [2.45, 2.75) is 0 Å². The summed E-state index contributed by atoms with van der Waals surface area (Å²) in [5.74, 6) is 0. The fourth-order valence-electron chi connectivity index (χ4n) is 0.757. The first-order chi connectivity index (χ1) is 6.18. The van der Waals surface area contributed by atoms with Gasteiger partial charge in [0, 0.05) is 5.02 Å². The Balaban J connectivity index is 2.63. The average molecular weight is 214 g/mol. The van der Waals surface area contributed by atoms with Crippen molar-refractivity contribution in [2.75, 3.05) is 0 Å². The smallest absolute Gasteiger partial charge is 0.184 e. The van der Waals surface area contributed by atoms with Gasteiger partial charge in [-0.25, -0.2) is 0 Å². The molecule has 5 heteroatoms. The largest absolute Gasteiger partial charge is 0.375 e. The summed E-state index contributed by atoms with van der Waals surface area (Å²) in [6.07, 6.45) is 1.59. The van der Waals surface area contributed by atoms with Crippen molar-refractivity contribution < 1.29 is 0 Å². The standard InChI is InChI=1S/C8H8ClN3S/c9-7-3-1-2-6(4-7)5-11-12-8(10)13/h1-5H,(H3,10,12,13)/b11-5-. The van der Waals surface area contributed by atoms with Gasteiger partial charge in [-0.05, 0) is 29.9 Å². The van der Waals surface area contributed by atoms with E-state index >= 15 is 0 Å². The molecule has 0 amide bonds. The van der Waals surface area contributed by atoms with Crippen molar-refractivity contribution in [3.63, 3.8) is 0 Å². The molecule has 68 valence electrons. The molecule has 1 rings (SSSR count). The predicted octanol–water partition coefficient (Wildman–Crippen LogP) is 1.51. The second-order valence-electron chi connectivity index (χ2n) is 2.29. The van der Waals surface area contributed by atoms with Crippen molar-refractivity contribution >= 4 is 35.1 Å². The van der Waals surface area contributed by atoms with Gasteiger partial charge in [-0.2, -0.15) is 5.10 Å². The highest BCUT2D eigenvalue weighted by Crippen LogP contribution is 2.08. The van der Waals surface area contributed by atoms with Gasteiger partial charge in [0.2, 0.25) is 0 Å². The minimum atomic E-state index is 0.137. The number of benzene rings is 1. The maximum absolute atomic E-state index is 5.75. The summed E-state index contributed by atoms with van der Waals surface area (Å²) in [5.41, 5.74) is 8.50. The maximum atomic E-state index is 5.75. The molecular weight excluding hydrogens is 206 g/mol. The van der Waals surface area contributed by atoms with Crippen LogP contribution in [0.5, 0.6) is 0 Å². The van der Waals surface area contributed by atoms with Crippen molar-refractivity contribution in [1.29, 1.82) is 0 Å². The van der Waals surface area contributed by atoms with Gasteiger partial charge in [0.1, 0.15) is 0 Å². The summed E-state index contributed by atoms with van der Waals surface area (Å²) in [5, 5.41) is 4.59. The third kappa shape index (κ3) is 3.87. The number of nitrogens with zero attached hydrogens (tertiary/aromatic N) is 1. The second kappa shape index (κ2) is 4.79. The Bertz CT molecular complexity index is 338. The van der Waals surface area contributed by atoms with Crippen LogP contribution in [0, 0.1) is 0 Å². The van der Waals surface area contributed by atoms with Crippen LogP contribution in [-0.2, 0) is 0 Å². The normalized spacial score (nSPS) is 10.2. The van der Waals surface area contributed by atoms with Gasteiger partial charge in [0.15, 0.2) is 5.11 Å². The van der Waals surface area contributed by atoms with E-state index in [0.29, 0.717) is 5.02 Å². The number of nitrogens with one attached hydrogen (secondary N) is 1. The highest BCUT2D eigenvalue weighted by atomic mass is 35.5. The molecule has 1 aromatic carbocycles. The predicted molar refractivity (Wildman–Crippen MR) is 59.0 cm³/mol. The highest BCUT2D eigenvalue weighted by Gasteiger charge is 1.88.